The van der Waals surface area contributed by atoms with E-state index in [0.29, 0.717) is 0 Å². The Bertz CT molecular complexity index is 604. The fraction of sp³-hybridized carbons (Fsp3) is 0.682. The van der Waals surface area contributed by atoms with Gasteiger partial charge in [-0.1, -0.05) is 37.5 Å². The van der Waals surface area contributed by atoms with Crippen LogP contribution in [0.3, 0.4) is 0 Å². The number of nitrogens with zero attached hydrogens (tertiary/aromatic N) is 2. The molecule has 1 heterocycles. The lowest BCUT2D eigenvalue weighted by Crippen LogP contribution is -2.45. The third kappa shape index (κ3) is 8.55. The molecular formula is C22H39IN4O. The molecule has 0 saturated heterocycles. The Morgan fingerprint density at radius 1 is 1.14 bits per heavy atom. The van der Waals surface area contributed by atoms with Gasteiger partial charge in [-0.25, -0.2) is 0 Å². The topological polar surface area (TPSA) is 48.9 Å². The molecule has 160 valence electrons. The van der Waals surface area contributed by atoms with Crippen LogP contribution in [0.2, 0.25) is 0 Å². The normalized spacial score (nSPS) is 18.1. The van der Waals surface area contributed by atoms with Gasteiger partial charge in [-0.15, -0.1) is 24.0 Å². The lowest BCUT2D eigenvalue weighted by molar-refractivity contribution is 0.0694. The van der Waals surface area contributed by atoms with Crippen molar-refractivity contribution < 1.29 is 4.74 Å². The van der Waals surface area contributed by atoms with Crippen LogP contribution in [0.25, 0.3) is 0 Å². The standard InChI is InChI=1S/C22H38N4O.HI/c1-22(2)17-19(18-13-9-10-14-20(18)27-22)25-21(23-3)24-15-11-7-6-8-12-16-26(4)5;/h9-10,13-14,19H,6-8,11-12,15-17H2,1-5H3,(H2,23,24,25);1H. The van der Waals surface area contributed by atoms with Gasteiger partial charge < -0.3 is 20.3 Å². The summed E-state index contributed by atoms with van der Waals surface area (Å²) in [4.78, 5) is 6.67. The lowest BCUT2D eigenvalue weighted by Gasteiger charge is -2.38. The van der Waals surface area contributed by atoms with Crippen molar-refractivity contribution in [1.29, 1.82) is 0 Å². The highest BCUT2D eigenvalue weighted by Crippen LogP contribution is 2.39. The van der Waals surface area contributed by atoms with Crippen LogP contribution in [0, 0.1) is 0 Å². The molecule has 2 N–H and O–H groups in total. The van der Waals surface area contributed by atoms with E-state index in [1.807, 2.05) is 13.1 Å². The van der Waals surface area contributed by atoms with Gasteiger partial charge in [-0.2, -0.15) is 0 Å². The molecule has 0 saturated carbocycles. The Balaban J connectivity index is 0.00000392. The molecule has 1 aromatic carbocycles. The van der Waals surface area contributed by atoms with Gasteiger partial charge in [-0.3, -0.25) is 4.99 Å². The molecular weight excluding hydrogens is 463 g/mol. The molecule has 0 amide bonds. The van der Waals surface area contributed by atoms with Gasteiger partial charge in [0, 0.05) is 25.6 Å². The van der Waals surface area contributed by atoms with Gasteiger partial charge in [-0.05, 0) is 53.4 Å². The van der Waals surface area contributed by atoms with Crippen LogP contribution in [0.15, 0.2) is 29.3 Å². The van der Waals surface area contributed by atoms with Crippen LogP contribution in [0.4, 0.5) is 0 Å². The Kier molecular flexibility index (Phi) is 11.2. The molecule has 6 heteroatoms. The van der Waals surface area contributed by atoms with Crippen molar-refractivity contribution in [3.63, 3.8) is 0 Å². The number of para-hydroxylation sites is 1. The molecule has 0 spiro atoms. The van der Waals surface area contributed by atoms with Crippen LogP contribution in [-0.4, -0.2) is 50.7 Å². The average molecular weight is 502 g/mol. The quantitative estimate of drug-likeness (QED) is 0.225. The summed E-state index contributed by atoms with van der Waals surface area (Å²) in [6.45, 7) is 6.44. The molecule has 28 heavy (non-hydrogen) atoms. The Morgan fingerprint density at radius 3 is 2.54 bits per heavy atom. The predicted octanol–water partition coefficient (Wildman–Crippen LogP) is 4.58. The molecule has 0 fully saturated rings. The second-order valence-electron chi connectivity index (χ2n) is 8.37. The van der Waals surface area contributed by atoms with E-state index < -0.39 is 0 Å². The number of fused-ring (bicyclic) bond motifs is 1. The summed E-state index contributed by atoms with van der Waals surface area (Å²) in [7, 11) is 6.12. The second-order valence-corrected chi connectivity index (χ2v) is 8.37. The Hall–Kier alpha value is -1.02. The van der Waals surface area contributed by atoms with E-state index in [0.717, 1.165) is 24.7 Å². The Labute approximate surface area is 188 Å². The fourth-order valence-electron chi connectivity index (χ4n) is 3.58. The number of aliphatic imine (C=N–C) groups is 1. The zero-order chi connectivity index (χ0) is 19.7. The summed E-state index contributed by atoms with van der Waals surface area (Å²) >= 11 is 0. The smallest absolute Gasteiger partial charge is 0.191 e. The van der Waals surface area contributed by atoms with Crippen LogP contribution >= 0.6 is 24.0 Å². The highest BCUT2D eigenvalue weighted by atomic mass is 127. The Morgan fingerprint density at radius 2 is 1.82 bits per heavy atom. The molecule has 0 aromatic heterocycles. The number of nitrogens with one attached hydrogen (secondary N) is 2. The van der Waals surface area contributed by atoms with Gasteiger partial charge >= 0.3 is 0 Å². The number of benzene rings is 1. The maximum absolute atomic E-state index is 6.12. The maximum Gasteiger partial charge on any atom is 0.191 e. The highest BCUT2D eigenvalue weighted by Gasteiger charge is 2.33. The second kappa shape index (κ2) is 12.5. The predicted molar refractivity (Wildman–Crippen MR) is 130 cm³/mol. The van der Waals surface area contributed by atoms with Crippen molar-refractivity contribution in [2.24, 2.45) is 4.99 Å². The summed E-state index contributed by atoms with van der Waals surface area (Å²) < 4.78 is 6.12. The zero-order valence-corrected chi connectivity index (χ0v) is 20.6. The van der Waals surface area contributed by atoms with Crippen molar-refractivity contribution in [3.05, 3.63) is 29.8 Å². The van der Waals surface area contributed by atoms with Gasteiger partial charge in [0.25, 0.3) is 0 Å². The number of rotatable bonds is 9. The summed E-state index contributed by atoms with van der Waals surface area (Å²) in [5.41, 5.74) is 1.03. The van der Waals surface area contributed by atoms with Gasteiger partial charge in [0.05, 0.1) is 6.04 Å². The van der Waals surface area contributed by atoms with Crippen molar-refractivity contribution in [3.8, 4) is 5.75 Å². The third-order valence-electron chi connectivity index (χ3n) is 4.99. The minimum Gasteiger partial charge on any atom is -0.487 e. The van der Waals surface area contributed by atoms with E-state index in [4.69, 9.17) is 4.74 Å². The third-order valence-corrected chi connectivity index (χ3v) is 4.99. The molecule has 5 nitrogen and oxygen atoms in total. The van der Waals surface area contributed by atoms with E-state index in [9.17, 15) is 0 Å². The minimum atomic E-state index is -0.183. The van der Waals surface area contributed by atoms with Crippen molar-refractivity contribution in [1.82, 2.24) is 15.5 Å². The van der Waals surface area contributed by atoms with Crippen LogP contribution < -0.4 is 15.4 Å². The lowest BCUT2D eigenvalue weighted by atomic mass is 9.90. The highest BCUT2D eigenvalue weighted by molar-refractivity contribution is 14.0. The van der Waals surface area contributed by atoms with Gasteiger partial charge in [0.1, 0.15) is 11.4 Å². The van der Waals surface area contributed by atoms with Gasteiger partial charge in [0.15, 0.2) is 5.96 Å². The molecule has 1 unspecified atom stereocenters. The van der Waals surface area contributed by atoms with Crippen LogP contribution in [0.1, 0.15) is 64.0 Å². The molecule has 0 aliphatic carbocycles. The first-order valence-electron chi connectivity index (χ1n) is 10.3. The van der Waals surface area contributed by atoms with Crippen molar-refractivity contribution in [2.75, 3.05) is 34.2 Å². The summed E-state index contributed by atoms with van der Waals surface area (Å²) in [5, 5.41) is 7.07. The molecule has 0 bridgehead atoms. The largest absolute Gasteiger partial charge is 0.487 e. The number of halogens is 1. The average Bonchev–Trinajstić information content (AvgIpc) is 2.61. The van der Waals surface area contributed by atoms with E-state index in [1.165, 1.54) is 44.2 Å². The van der Waals surface area contributed by atoms with Crippen molar-refractivity contribution in [2.45, 2.75) is 64.0 Å². The monoisotopic (exact) mass is 502 g/mol. The van der Waals surface area contributed by atoms with E-state index in [-0.39, 0.29) is 35.6 Å². The number of guanidine groups is 1. The molecule has 1 aliphatic heterocycles. The number of hydrogen-bond donors (Lipinski definition) is 2. The van der Waals surface area contributed by atoms with Gasteiger partial charge in [0.2, 0.25) is 0 Å². The summed E-state index contributed by atoms with van der Waals surface area (Å²) in [6.07, 6.45) is 7.28. The minimum absolute atomic E-state index is 0. The molecule has 0 radical (unpaired) electrons. The first-order valence-corrected chi connectivity index (χ1v) is 10.3. The first kappa shape index (κ1) is 25.0. The maximum atomic E-state index is 6.12. The number of unbranched alkanes of at least 4 members (excludes halogenated alkanes) is 4. The zero-order valence-electron chi connectivity index (χ0n) is 18.3. The summed E-state index contributed by atoms with van der Waals surface area (Å²) in [6, 6.07) is 8.51. The molecule has 2 rings (SSSR count). The van der Waals surface area contributed by atoms with Crippen molar-refractivity contribution >= 4 is 29.9 Å². The fourth-order valence-corrected chi connectivity index (χ4v) is 3.58. The molecule has 1 aromatic rings. The molecule has 1 atom stereocenters. The van der Waals surface area contributed by atoms with Crippen LogP contribution in [-0.2, 0) is 0 Å². The molecule has 1 aliphatic rings. The first-order chi connectivity index (χ1) is 12.9. The van der Waals surface area contributed by atoms with E-state index in [2.05, 4.69) is 66.7 Å². The van der Waals surface area contributed by atoms with Crippen LogP contribution in [0.5, 0.6) is 5.75 Å². The summed E-state index contributed by atoms with van der Waals surface area (Å²) in [5.74, 6) is 1.85. The SMILES string of the molecule is CN=C(NCCCCCCCN(C)C)NC1CC(C)(C)Oc2ccccc21.I. The number of hydrogen-bond acceptors (Lipinski definition) is 3. The van der Waals surface area contributed by atoms with E-state index in [1.54, 1.807) is 0 Å². The van der Waals surface area contributed by atoms with E-state index >= 15 is 0 Å². The number of ether oxygens (including phenoxy) is 1.